The molecule has 0 aliphatic heterocycles. The van der Waals surface area contributed by atoms with Gasteiger partial charge in [0.15, 0.2) is 4.34 Å². The Hall–Kier alpha value is -0.170. The first-order valence-corrected chi connectivity index (χ1v) is 7.33. The van der Waals surface area contributed by atoms with Crippen molar-refractivity contribution in [1.29, 1.82) is 0 Å². The van der Waals surface area contributed by atoms with E-state index in [2.05, 4.69) is 22.4 Å². The van der Waals surface area contributed by atoms with Crippen LogP contribution in [0.4, 0.5) is 0 Å². The van der Waals surface area contributed by atoms with Crippen LogP contribution in [0.2, 0.25) is 0 Å². The van der Waals surface area contributed by atoms with Crippen LogP contribution in [0.25, 0.3) is 0 Å². The largest absolute Gasteiger partial charge is 0.395 e. The Morgan fingerprint density at radius 1 is 1.50 bits per heavy atom. The SMILES string of the molecule is CCCNC(CO)CCSc1nnc(C)s1. The van der Waals surface area contributed by atoms with Crippen molar-refractivity contribution in [2.75, 3.05) is 18.9 Å². The maximum absolute atomic E-state index is 9.16. The predicted molar refractivity (Wildman–Crippen MR) is 69.2 cm³/mol. The van der Waals surface area contributed by atoms with Crippen LogP contribution in [0, 0.1) is 6.92 Å². The summed E-state index contributed by atoms with van der Waals surface area (Å²) in [5.41, 5.74) is 0. The van der Waals surface area contributed by atoms with Crippen molar-refractivity contribution in [2.45, 2.75) is 37.1 Å². The molecule has 0 fully saturated rings. The molecule has 0 spiro atoms. The maximum Gasteiger partial charge on any atom is 0.174 e. The van der Waals surface area contributed by atoms with Crippen molar-refractivity contribution in [1.82, 2.24) is 15.5 Å². The summed E-state index contributed by atoms with van der Waals surface area (Å²) >= 11 is 3.33. The Morgan fingerprint density at radius 3 is 2.88 bits per heavy atom. The van der Waals surface area contributed by atoms with E-state index in [0.29, 0.717) is 0 Å². The van der Waals surface area contributed by atoms with E-state index in [1.807, 2.05) is 6.92 Å². The Labute approximate surface area is 105 Å². The fraction of sp³-hybridized carbons (Fsp3) is 0.800. The first-order chi connectivity index (χ1) is 7.76. The van der Waals surface area contributed by atoms with Crippen molar-refractivity contribution in [3.63, 3.8) is 0 Å². The van der Waals surface area contributed by atoms with Gasteiger partial charge in [-0.15, -0.1) is 10.2 Å². The van der Waals surface area contributed by atoms with Gasteiger partial charge in [-0.05, 0) is 26.3 Å². The van der Waals surface area contributed by atoms with E-state index in [0.717, 1.165) is 34.5 Å². The Bertz CT molecular complexity index is 293. The molecule has 0 aliphatic carbocycles. The molecule has 92 valence electrons. The summed E-state index contributed by atoms with van der Waals surface area (Å²) in [5.74, 6) is 0.969. The van der Waals surface area contributed by atoms with Crippen LogP contribution in [0.3, 0.4) is 0 Å². The van der Waals surface area contributed by atoms with Crippen molar-refractivity contribution in [3.05, 3.63) is 5.01 Å². The predicted octanol–water partition coefficient (Wildman–Crippen LogP) is 1.69. The molecule has 1 rings (SSSR count). The normalized spacial score (nSPS) is 12.9. The van der Waals surface area contributed by atoms with Crippen LogP contribution in [0.5, 0.6) is 0 Å². The smallest absolute Gasteiger partial charge is 0.174 e. The molecule has 4 nitrogen and oxygen atoms in total. The zero-order valence-corrected chi connectivity index (χ0v) is 11.4. The highest BCUT2D eigenvalue weighted by Crippen LogP contribution is 2.22. The van der Waals surface area contributed by atoms with Crippen LogP contribution in [0.1, 0.15) is 24.8 Å². The minimum atomic E-state index is 0.204. The second-order valence-corrected chi connectivity index (χ2v) is 6.08. The Morgan fingerprint density at radius 2 is 2.31 bits per heavy atom. The summed E-state index contributed by atoms with van der Waals surface area (Å²) in [7, 11) is 0. The van der Waals surface area contributed by atoms with Gasteiger partial charge < -0.3 is 10.4 Å². The molecule has 1 unspecified atom stereocenters. The minimum Gasteiger partial charge on any atom is -0.395 e. The van der Waals surface area contributed by atoms with Gasteiger partial charge >= 0.3 is 0 Å². The zero-order valence-electron chi connectivity index (χ0n) is 9.77. The number of rotatable bonds is 8. The van der Waals surface area contributed by atoms with Gasteiger partial charge in [0.2, 0.25) is 0 Å². The number of hydrogen-bond acceptors (Lipinski definition) is 6. The molecule has 1 heterocycles. The molecule has 0 aromatic carbocycles. The lowest BCUT2D eigenvalue weighted by molar-refractivity contribution is 0.240. The first kappa shape index (κ1) is 13.9. The molecule has 16 heavy (non-hydrogen) atoms. The molecule has 0 aliphatic rings. The molecule has 1 atom stereocenters. The lowest BCUT2D eigenvalue weighted by Gasteiger charge is -2.14. The second kappa shape index (κ2) is 8.00. The number of thioether (sulfide) groups is 1. The summed E-state index contributed by atoms with van der Waals surface area (Å²) in [4.78, 5) is 0. The minimum absolute atomic E-state index is 0.204. The average molecular weight is 261 g/mol. The lowest BCUT2D eigenvalue weighted by Crippen LogP contribution is -2.33. The van der Waals surface area contributed by atoms with E-state index in [1.165, 1.54) is 0 Å². The quantitative estimate of drug-likeness (QED) is 0.697. The highest BCUT2D eigenvalue weighted by Gasteiger charge is 2.07. The molecule has 0 amide bonds. The molecule has 0 bridgehead atoms. The number of hydrogen-bond donors (Lipinski definition) is 2. The maximum atomic E-state index is 9.16. The van der Waals surface area contributed by atoms with Gasteiger partial charge in [-0.25, -0.2) is 0 Å². The van der Waals surface area contributed by atoms with Gasteiger partial charge in [0.1, 0.15) is 5.01 Å². The third-order valence-electron chi connectivity index (χ3n) is 2.10. The molecule has 1 aromatic rings. The Kier molecular flexibility index (Phi) is 6.95. The summed E-state index contributed by atoms with van der Waals surface area (Å²) in [6.07, 6.45) is 2.05. The van der Waals surface area contributed by atoms with E-state index in [4.69, 9.17) is 5.11 Å². The third kappa shape index (κ3) is 5.25. The van der Waals surface area contributed by atoms with E-state index in [-0.39, 0.29) is 12.6 Å². The number of aliphatic hydroxyl groups excluding tert-OH is 1. The molecule has 0 radical (unpaired) electrons. The van der Waals surface area contributed by atoms with Gasteiger partial charge in [-0.1, -0.05) is 30.0 Å². The molecule has 0 saturated carbocycles. The number of aryl methyl sites for hydroxylation is 1. The number of aliphatic hydroxyl groups is 1. The van der Waals surface area contributed by atoms with Crippen LogP contribution in [-0.2, 0) is 0 Å². The number of nitrogens with zero attached hydrogens (tertiary/aromatic N) is 2. The highest BCUT2D eigenvalue weighted by molar-refractivity contribution is 8.01. The van der Waals surface area contributed by atoms with Crippen LogP contribution >= 0.6 is 23.1 Å². The fourth-order valence-corrected chi connectivity index (χ4v) is 3.17. The van der Waals surface area contributed by atoms with Crippen molar-refractivity contribution in [3.8, 4) is 0 Å². The van der Waals surface area contributed by atoms with Gasteiger partial charge in [-0.3, -0.25) is 0 Å². The summed E-state index contributed by atoms with van der Waals surface area (Å²) in [5, 5.41) is 21.5. The molecular weight excluding hydrogens is 242 g/mol. The van der Waals surface area contributed by atoms with Gasteiger partial charge in [0.25, 0.3) is 0 Å². The second-order valence-electron chi connectivity index (χ2n) is 3.56. The molecule has 6 heteroatoms. The monoisotopic (exact) mass is 261 g/mol. The van der Waals surface area contributed by atoms with E-state index in [1.54, 1.807) is 23.1 Å². The van der Waals surface area contributed by atoms with E-state index < -0.39 is 0 Å². The molecular formula is C10H19N3OS2. The van der Waals surface area contributed by atoms with Crippen molar-refractivity contribution < 1.29 is 5.11 Å². The highest BCUT2D eigenvalue weighted by atomic mass is 32.2. The van der Waals surface area contributed by atoms with E-state index in [9.17, 15) is 0 Å². The lowest BCUT2D eigenvalue weighted by atomic mass is 10.2. The van der Waals surface area contributed by atoms with Gasteiger partial charge in [0.05, 0.1) is 6.61 Å². The third-order valence-corrected chi connectivity index (χ3v) is 4.11. The average Bonchev–Trinajstić information content (AvgIpc) is 2.69. The number of aromatic nitrogens is 2. The molecule has 2 N–H and O–H groups in total. The standard InChI is InChI=1S/C10H19N3OS2/c1-3-5-11-9(7-14)4-6-15-10-13-12-8(2)16-10/h9,11,14H,3-7H2,1-2H3. The van der Waals surface area contributed by atoms with Gasteiger partial charge in [0, 0.05) is 11.8 Å². The summed E-state index contributed by atoms with van der Waals surface area (Å²) in [6.45, 7) is 5.25. The fourth-order valence-electron chi connectivity index (χ4n) is 1.23. The van der Waals surface area contributed by atoms with Crippen LogP contribution in [-0.4, -0.2) is 40.3 Å². The van der Waals surface area contributed by atoms with Crippen molar-refractivity contribution >= 4 is 23.1 Å². The molecule has 1 aromatic heterocycles. The summed E-state index contributed by atoms with van der Waals surface area (Å²) < 4.78 is 1.02. The number of nitrogens with one attached hydrogen (secondary N) is 1. The van der Waals surface area contributed by atoms with Crippen LogP contribution in [0.15, 0.2) is 4.34 Å². The topological polar surface area (TPSA) is 58.0 Å². The van der Waals surface area contributed by atoms with Crippen molar-refractivity contribution in [2.24, 2.45) is 0 Å². The first-order valence-electron chi connectivity index (χ1n) is 5.53. The Balaban J connectivity index is 2.17. The zero-order chi connectivity index (χ0) is 11.8. The summed E-state index contributed by atoms with van der Waals surface area (Å²) in [6, 6.07) is 0.210. The van der Waals surface area contributed by atoms with Crippen LogP contribution < -0.4 is 5.32 Å². The van der Waals surface area contributed by atoms with Gasteiger partial charge in [-0.2, -0.15) is 0 Å². The van der Waals surface area contributed by atoms with E-state index >= 15 is 0 Å². The molecule has 0 saturated heterocycles.